The third-order valence-electron chi connectivity index (χ3n) is 4.09. The minimum Gasteiger partial charge on any atom is -0.399 e. The molecule has 0 spiro atoms. The number of hydrogen-bond acceptors (Lipinski definition) is 4. The molecule has 1 aromatic heterocycles. The van der Waals surface area contributed by atoms with Crippen molar-refractivity contribution < 1.29 is 5.11 Å². The number of benzene rings is 1. The smallest absolute Gasteiger partial charge is 0.201 e. The van der Waals surface area contributed by atoms with Crippen LogP contribution in [0.25, 0.3) is 11.0 Å². The molecule has 0 aliphatic heterocycles. The summed E-state index contributed by atoms with van der Waals surface area (Å²) in [5.41, 5.74) is 8.35. The Morgan fingerprint density at radius 1 is 1.37 bits per heavy atom. The molecule has 2 atom stereocenters. The molecule has 19 heavy (non-hydrogen) atoms. The summed E-state index contributed by atoms with van der Waals surface area (Å²) in [6.45, 7) is 1.16. The van der Waals surface area contributed by atoms with Crippen molar-refractivity contribution in [1.29, 1.82) is 0 Å². The fourth-order valence-electron chi connectivity index (χ4n) is 2.96. The Morgan fingerprint density at radius 2 is 2.21 bits per heavy atom. The molecule has 5 heteroatoms. The molecule has 2 unspecified atom stereocenters. The van der Waals surface area contributed by atoms with Gasteiger partial charge in [-0.25, -0.2) is 4.98 Å². The summed E-state index contributed by atoms with van der Waals surface area (Å²) in [6, 6.07) is 5.66. The maximum Gasteiger partial charge on any atom is 0.201 e. The molecular weight excluding hydrogens is 240 g/mol. The van der Waals surface area contributed by atoms with E-state index in [9.17, 15) is 5.11 Å². The van der Waals surface area contributed by atoms with Crippen LogP contribution in [0.2, 0.25) is 0 Å². The number of nitrogens with zero attached hydrogens (tertiary/aromatic N) is 1. The lowest BCUT2D eigenvalue weighted by atomic mass is 9.97. The van der Waals surface area contributed by atoms with E-state index in [4.69, 9.17) is 5.73 Å². The van der Waals surface area contributed by atoms with Gasteiger partial charge in [-0.05, 0) is 42.9 Å². The summed E-state index contributed by atoms with van der Waals surface area (Å²) in [5.74, 6) is 1.76. The van der Waals surface area contributed by atoms with Crippen LogP contribution in [-0.2, 0) is 0 Å². The lowest BCUT2D eigenvalue weighted by Gasteiger charge is -2.17. The Hall–Kier alpha value is -1.75. The molecule has 102 valence electrons. The topological polar surface area (TPSA) is 87.0 Å². The molecule has 5 nitrogen and oxygen atoms in total. The second-order valence-electron chi connectivity index (χ2n) is 5.38. The van der Waals surface area contributed by atoms with Gasteiger partial charge in [0.1, 0.15) is 0 Å². The van der Waals surface area contributed by atoms with Crippen LogP contribution >= 0.6 is 0 Å². The normalized spacial score (nSPS) is 23.0. The highest BCUT2D eigenvalue weighted by atomic mass is 16.3. The fourth-order valence-corrected chi connectivity index (χ4v) is 2.96. The van der Waals surface area contributed by atoms with Crippen molar-refractivity contribution in [2.75, 3.05) is 24.2 Å². The monoisotopic (exact) mass is 260 g/mol. The molecule has 1 saturated carbocycles. The van der Waals surface area contributed by atoms with E-state index in [0.717, 1.165) is 35.6 Å². The molecule has 5 N–H and O–H groups in total. The van der Waals surface area contributed by atoms with Crippen LogP contribution in [0.5, 0.6) is 0 Å². The molecule has 1 heterocycles. The molecule has 0 radical (unpaired) electrons. The van der Waals surface area contributed by atoms with Crippen molar-refractivity contribution in [2.45, 2.75) is 19.3 Å². The number of hydrogen-bond donors (Lipinski definition) is 4. The minimum atomic E-state index is 0.295. The first-order valence-corrected chi connectivity index (χ1v) is 6.86. The average molecular weight is 260 g/mol. The van der Waals surface area contributed by atoms with Crippen molar-refractivity contribution in [3.05, 3.63) is 18.2 Å². The van der Waals surface area contributed by atoms with Gasteiger partial charge in [-0.3, -0.25) is 0 Å². The van der Waals surface area contributed by atoms with E-state index in [0.29, 0.717) is 18.4 Å². The van der Waals surface area contributed by atoms with Crippen LogP contribution in [0.15, 0.2) is 18.2 Å². The standard InChI is InChI=1S/C14H20N4O/c15-11-4-5-12-13(6-11)18-14(17-12)16-7-9-2-1-3-10(9)8-19/h4-6,9-10,19H,1-3,7-8,15H2,(H2,16,17,18). The number of anilines is 2. The molecule has 1 fully saturated rings. The Bertz CT molecular complexity index is 566. The number of imidazole rings is 1. The predicted molar refractivity (Wildman–Crippen MR) is 76.9 cm³/mol. The lowest BCUT2D eigenvalue weighted by molar-refractivity contribution is 0.199. The van der Waals surface area contributed by atoms with Gasteiger partial charge in [-0.1, -0.05) is 6.42 Å². The van der Waals surface area contributed by atoms with Gasteiger partial charge in [0.15, 0.2) is 0 Å². The first-order valence-electron chi connectivity index (χ1n) is 6.86. The Labute approximate surface area is 112 Å². The molecular formula is C14H20N4O. The van der Waals surface area contributed by atoms with Gasteiger partial charge in [0, 0.05) is 18.8 Å². The first-order chi connectivity index (χ1) is 9.26. The fraction of sp³-hybridized carbons (Fsp3) is 0.500. The zero-order valence-electron chi connectivity index (χ0n) is 10.9. The van der Waals surface area contributed by atoms with Crippen molar-refractivity contribution in [1.82, 2.24) is 9.97 Å². The maximum atomic E-state index is 9.31. The molecule has 0 amide bonds. The van der Waals surface area contributed by atoms with E-state index in [1.807, 2.05) is 18.2 Å². The van der Waals surface area contributed by atoms with Crippen LogP contribution in [-0.4, -0.2) is 28.2 Å². The Kier molecular flexibility index (Phi) is 3.29. The van der Waals surface area contributed by atoms with E-state index in [-0.39, 0.29) is 0 Å². The predicted octanol–water partition coefficient (Wildman–Crippen LogP) is 1.97. The number of fused-ring (bicyclic) bond motifs is 1. The largest absolute Gasteiger partial charge is 0.399 e. The second-order valence-corrected chi connectivity index (χ2v) is 5.38. The van der Waals surface area contributed by atoms with Gasteiger partial charge in [0.25, 0.3) is 0 Å². The first kappa shape index (κ1) is 12.3. The molecule has 0 saturated heterocycles. The average Bonchev–Trinajstić information content (AvgIpc) is 3.01. The maximum absolute atomic E-state index is 9.31. The molecule has 3 rings (SSSR count). The molecule has 1 aliphatic rings. The summed E-state index contributed by atoms with van der Waals surface area (Å²) in [5, 5.41) is 12.7. The second kappa shape index (κ2) is 5.09. The molecule has 1 aliphatic carbocycles. The van der Waals surface area contributed by atoms with Crippen molar-refractivity contribution in [3.63, 3.8) is 0 Å². The van der Waals surface area contributed by atoms with Gasteiger partial charge in [0.05, 0.1) is 11.0 Å². The van der Waals surface area contributed by atoms with Crippen molar-refractivity contribution in [3.8, 4) is 0 Å². The summed E-state index contributed by atoms with van der Waals surface area (Å²) in [6.07, 6.45) is 3.54. The van der Waals surface area contributed by atoms with Crippen LogP contribution in [0.4, 0.5) is 11.6 Å². The Morgan fingerprint density at radius 3 is 3.05 bits per heavy atom. The van der Waals surface area contributed by atoms with Crippen LogP contribution < -0.4 is 11.1 Å². The number of nitrogens with two attached hydrogens (primary N) is 1. The third kappa shape index (κ3) is 2.51. The van der Waals surface area contributed by atoms with Gasteiger partial charge >= 0.3 is 0 Å². The van der Waals surface area contributed by atoms with E-state index in [1.54, 1.807) is 0 Å². The summed E-state index contributed by atoms with van der Waals surface area (Å²) >= 11 is 0. The number of aliphatic hydroxyl groups excluding tert-OH is 1. The van der Waals surface area contributed by atoms with E-state index < -0.39 is 0 Å². The number of nitrogens with one attached hydrogen (secondary N) is 2. The Balaban J connectivity index is 1.68. The molecule has 2 aromatic rings. The minimum absolute atomic E-state index is 0.295. The van der Waals surface area contributed by atoms with Crippen LogP contribution in [0, 0.1) is 11.8 Å². The highest BCUT2D eigenvalue weighted by molar-refractivity contribution is 5.80. The number of H-pyrrole nitrogens is 1. The SMILES string of the molecule is Nc1ccc2nc(NCC3CCCC3CO)[nH]c2c1. The number of aromatic nitrogens is 2. The van der Waals surface area contributed by atoms with E-state index in [2.05, 4.69) is 15.3 Å². The summed E-state index contributed by atoms with van der Waals surface area (Å²) < 4.78 is 0. The van der Waals surface area contributed by atoms with Gasteiger partial charge in [0.2, 0.25) is 5.95 Å². The van der Waals surface area contributed by atoms with Gasteiger partial charge in [-0.2, -0.15) is 0 Å². The zero-order valence-corrected chi connectivity index (χ0v) is 10.9. The summed E-state index contributed by atoms with van der Waals surface area (Å²) in [7, 11) is 0. The number of aromatic amines is 1. The van der Waals surface area contributed by atoms with Crippen LogP contribution in [0.3, 0.4) is 0 Å². The van der Waals surface area contributed by atoms with Gasteiger partial charge < -0.3 is 21.1 Å². The number of nitrogen functional groups attached to an aromatic ring is 1. The van der Waals surface area contributed by atoms with Crippen molar-refractivity contribution >= 4 is 22.7 Å². The van der Waals surface area contributed by atoms with Crippen LogP contribution in [0.1, 0.15) is 19.3 Å². The van der Waals surface area contributed by atoms with Gasteiger partial charge in [-0.15, -0.1) is 0 Å². The zero-order chi connectivity index (χ0) is 13.2. The molecule has 1 aromatic carbocycles. The quantitative estimate of drug-likeness (QED) is 0.633. The lowest BCUT2D eigenvalue weighted by Crippen LogP contribution is -2.21. The van der Waals surface area contributed by atoms with Crippen molar-refractivity contribution in [2.24, 2.45) is 11.8 Å². The number of aliphatic hydroxyl groups is 1. The van der Waals surface area contributed by atoms with E-state index in [1.165, 1.54) is 12.8 Å². The van der Waals surface area contributed by atoms with E-state index >= 15 is 0 Å². The molecule has 0 bridgehead atoms. The third-order valence-corrected chi connectivity index (χ3v) is 4.09. The summed E-state index contributed by atoms with van der Waals surface area (Å²) in [4.78, 5) is 7.71. The highest BCUT2D eigenvalue weighted by Crippen LogP contribution is 2.31. The number of rotatable bonds is 4. The highest BCUT2D eigenvalue weighted by Gasteiger charge is 2.26.